The fourth-order valence-corrected chi connectivity index (χ4v) is 4.58. The molecule has 0 spiro atoms. The molecule has 5 rings (SSSR count). The van der Waals surface area contributed by atoms with Gasteiger partial charge in [0.25, 0.3) is 11.8 Å². The lowest BCUT2D eigenvalue weighted by Gasteiger charge is -2.28. The van der Waals surface area contributed by atoms with Crippen LogP contribution in [0.5, 0.6) is 0 Å². The summed E-state index contributed by atoms with van der Waals surface area (Å²) in [5.74, 6) is -0.475. The predicted octanol–water partition coefficient (Wildman–Crippen LogP) is 4.81. The summed E-state index contributed by atoms with van der Waals surface area (Å²) in [7, 11) is 0. The molecule has 0 saturated carbocycles. The van der Waals surface area contributed by atoms with Gasteiger partial charge in [-0.05, 0) is 72.2 Å². The fraction of sp³-hybridized carbons (Fsp3) is 0.143. The van der Waals surface area contributed by atoms with Gasteiger partial charge in [0.2, 0.25) is 0 Å². The summed E-state index contributed by atoms with van der Waals surface area (Å²) in [4.78, 5) is 27.7. The molecule has 1 heterocycles. The molecule has 1 aliphatic carbocycles. The van der Waals surface area contributed by atoms with Crippen LogP contribution >= 0.6 is 15.9 Å². The maximum absolute atomic E-state index is 13.2. The van der Waals surface area contributed by atoms with E-state index < -0.39 is 0 Å². The van der Waals surface area contributed by atoms with Crippen molar-refractivity contribution in [3.8, 4) is 0 Å². The zero-order valence-corrected chi connectivity index (χ0v) is 15.2. The minimum atomic E-state index is -0.237. The van der Waals surface area contributed by atoms with Crippen LogP contribution in [0.25, 0.3) is 10.8 Å². The molecule has 1 aliphatic heterocycles. The number of hydrogen-bond acceptors (Lipinski definition) is 2. The lowest BCUT2D eigenvalue weighted by molar-refractivity contribution is 0.0893. The number of aryl methyl sites for hydroxylation is 3. The van der Waals surface area contributed by atoms with Crippen molar-refractivity contribution in [3.63, 3.8) is 0 Å². The Bertz CT molecular complexity index is 1060. The second kappa shape index (κ2) is 5.02. The summed E-state index contributed by atoms with van der Waals surface area (Å²) in [5, 5.41) is 1.96. The Kier molecular flexibility index (Phi) is 2.98. The lowest BCUT2D eigenvalue weighted by Crippen LogP contribution is -2.40. The van der Waals surface area contributed by atoms with E-state index in [2.05, 4.69) is 15.9 Å². The summed E-state index contributed by atoms with van der Waals surface area (Å²) in [6.45, 7) is 1.91. The highest BCUT2D eigenvalue weighted by Crippen LogP contribution is 2.40. The van der Waals surface area contributed by atoms with Crippen LogP contribution in [0, 0.1) is 6.92 Å². The first-order valence-corrected chi connectivity index (χ1v) is 9.08. The molecule has 3 nitrogen and oxygen atoms in total. The van der Waals surface area contributed by atoms with Crippen LogP contribution in [0.4, 0.5) is 5.69 Å². The molecule has 0 fully saturated rings. The fourth-order valence-electron chi connectivity index (χ4n) is 4.11. The Labute approximate surface area is 153 Å². The second-order valence-corrected chi connectivity index (χ2v) is 7.59. The highest BCUT2D eigenvalue weighted by molar-refractivity contribution is 9.10. The molecule has 0 unspecified atom stereocenters. The smallest absolute Gasteiger partial charge is 0.265 e. The largest absolute Gasteiger partial charge is 0.268 e. The standard InChI is InChI=1S/C21H14BrNO2/c1-11-10-14(22)6-9-17(11)23-20(24)15-7-4-12-2-3-13-5-8-16(21(23)25)19(15)18(12)13/h4-10H,2-3H2,1H3. The lowest BCUT2D eigenvalue weighted by atomic mass is 9.90. The SMILES string of the molecule is Cc1cc(Br)ccc1N1C(=O)c2ccc3c4c(ccc(c24)C1=O)CC3. The van der Waals surface area contributed by atoms with Crippen molar-refractivity contribution in [2.24, 2.45) is 0 Å². The van der Waals surface area contributed by atoms with Gasteiger partial charge in [-0.15, -0.1) is 0 Å². The molecule has 2 aliphatic rings. The van der Waals surface area contributed by atoms with E-state index in [4.69, 9.17) is 0 Å². The van der Waals surface area contributed by atoms with Crippen molar-refractivity contribution in [3.05, 3.63) is 74.8 Å². The van der Waals surface area contributed by atoms with Crippen LogP contribution < -0.4 is 4.90 Å². The molecule has 0 aromatic heterocycles. The molecule has 122 valence electrons. The van der Waals surface area contributed by atoms with Crippen molar-refractivity contribution in [2.75, 3.05) is 4.90 Å². The molecule has 3 aromatic carbocycles. The summed E-state index contributed by atoms with van der Waals surface area (Å²) in [6.07, 6.45) is 1.96. The highest BCUT2D eigenvalue weighted by Gasteiger charge is 2.36. The maximum Gasteiger partial charge on any atom is 0.265 e. The molecule has 25 heavy (non-hydrogen) atoms. The van der Waals surface area contributed by atoms with Crippen LogP contribution in [-0.4, -0.2) is 11.8 Å². The summed E-state index contributed by atoms with van der Waals surface area (Å²) in [5.41, 5.74) is 5.25. The summed E-state index contributed by atoms with van der Waals surface area (Å²) >= 11 is 3.43. The van der Waals surface area contributed by atoms with Crippen molar-refractivity contribution < 1.29 is 9.59 Å². The average Bonchev–Trinajstić information content (AvgIpc) is 3.01. The van der Waals surface area contributed by atoms with Gasteiger partial charge in [-0.25, -0.2) is 4.90 Å². The van der Waals surface area contributed by atoms with Crippen LogP contribution in [-0.2, 0) is 12.8 Å². The molecule has 4 heteroatoms. The van der Waals surface area contributed by atoms with E-state index in [-0.39, 0.29) is 11.8 Å². The zero-order chi connectivity index (χ0) is 17.3. The van der Waals surface area contributed by atoms with Crippen molar-refractivity contribution in [2.45, 2.75) is 19.8 Å². The monoisotopic (exact) mass is 391 g/mol. The molecule has 0 atom stereocenters. The molecule has 0 radical (unpaired) electrons. The third kappa shape index (κ3) is 1.91. The molecule has 2 amide bonds. The minimum absolute atomic E-state index is 0.237. The molecular weight excluding hydrogens is 378 g/mol. The quantitative estimate of drug-likeness (QED) is 0.558. The van der Waals surface area contributed by atoms with Gasteiger partial charge < -0.3 is 0 Å². The Hall–Kier alpha value is -2.46. The van der Waals surface area contributed by atoms with E-state index in [1.807, 2.05) is 49.4 Å². The number of imide groups is 1. The maximum atomic E-state index is 13.2. The van der Waals surface area contributed by atoms with Gasteiger partial charge in [-0.1, -0.05) is 28.1 Å². The zero-order valence-electron chi connectivity index (χ0n) is 13.6. The van der Waals surface area contributed by atoms with E-state index in [9.17, 15) is 9.59 Å². The van der Waals surface area contributed by atoms with Gasteiger partial charge in [-0.3, -0.25) is 9.59 Å². The average molecular weight is 392 g/mol. The van der Waals surface area contributed by atoms with Crippen molar-refractivity contribution in [1.82, 2.24) is 0 Å². The molecule has 0 bridgehead atoms. The Morgan fingerprint density at radius 3 is 2.00 bits per heavy atom. The van der Waals surface area contributed by atoms with E-state index in [0.717, 1.165) is 33.7 Å². The first kappa shape index (κ1) is 14.8. The number of anilines is 1. The predicted molar refractivity (Wildman–Crippen MR) is 101 cm³/mol. The summed E-state index contributed by atoms with van der Waals surface area (Å²) < 4.78 is 0.924. The number of carbonyl (C=O) groups excluding carboxylic acids is 2. The van der Waals surface area contributed by atoms with E-state index in [1.165, 1.54) is 16.0 Å². The number of carbonyl (C=O) groups is 2. The number of rotatable bonds is 1. The Morgan fingerprint density at radius 2 is 1.44 bits per heavy atom. The number of amides is 2. The van der Waals surface area contributed by atoms with E-state index >= 15 is 0 Å². The number of hydrogen-bond donors (Lipinski definition) is 0. The Balaban J connectivity index is 1.80. The normalized spacial score (nSPS) is 15.4. The van der Waals surface area contributed by atoms with Gasteiger partial charge >= 0.3 is 0 Å². The van der Waals surface area contributed by atoms with Gasteiger partial charge in [0.15, 0.2) is 0 Å². The van der Waals surface area contributed by atoms with Gasteiger partial charge in [-0.2, -0.15) is 0 Å². The third-order valence-electron chi connectivity index (χ3n) is 5.26. The van der Waals surface area contributed by atoms with E-state index in [1.54, 1.807) is 0 Å². The first-order valence-electron chi connectivity index (χ1n) is 8.28. The van der Waals surface area contributed by atoms with Crippen LogP contribution in [0.2, 0.25) is 0 Å². The molecule has 0 N–H and O–H groups in total. The topological polar surface area (TPSA) is 37.4 Å². The first-order chi connectivity index (χ1) is 12.1. The van der Waals surface area contributed by atoms with Crippen molar-refractivity contribution >= 4 is 44.2 Å². The van der Waals surface area contributed by atoms with Crippen LogP contribution in [0.1, 0.15) is 37.4 Å². The molecular formula is C21H14BrNO2. The van der Waals surface area contributed by atoms with Crippen LogP contribution in [0.3, 0.4) is 0 Å². The number of benzene rings is 3. The minimum Gasteiger partial charge on any atom is -0.268 e. The van der Waals surface area contributed by atoms with Gasteiger partial charge in [0.05, 0.1) is 5.69 Å². The van der Waals surface area contributed by atoms with Crippen molar-refractivity contribution in [1.29, 1.82) is 0 Å². The second-order valence-electron chi connectivity index (χ2n) is 6.67. The Morgan fingerprint density at radius 1 is 0.840 bits per heavy atom. The van der Waals surface area contributed by atoms with E-state index in [0.29, 0.717) is 16.8 Å². The third-order valence-corrected chi connectivity index (χ3v) is 5.76. The molecule has 0 saturated heterocycles. The number of halogens is 1. The van der Waals surface area contributed by atoms with Gasteiger partial charge in [0, 0.05) is 21.0 Å². The van der Waals surface area contributed by atoms with Crippen LogP contribution in [0.15, 0.2) is 46.9 Å². The molecule has 3 aromatic rings. The van der Waals surface area contributed by atoms with Gasteiger partial charge in [0.1, 0.15) is 0 Å². The summed E-state index contributed by atoms with van der Waals surface area (Å²) in [6, 6.07) is 13.4. The number of nitrogens with zero attached hydrogens (tertiary/aromatic N) is 1. The highest BCUT2D eigenvalue weighted by atomic mass is 79.9.